The summed E-state index contributed by atoms with van der Waals surface area (Å²) in [7, 11) is -0.489. The maximum atomic E-state index is 6.09. The van der Waals surface area contributed by atoms with Crippen LogP contribution < -0.4 is 5.46 Å². The second-order valence-electron chi connectivity index (χ2n) is 6.11. The van der Waals surface area contributed by atoms with Gasteiger partial charge in [0.05, 0.1) is 11.2 Å². The van der Waals surface area contributed by atoms with Crippen LogP contribution in [0.4, 0.5) is 0 Å². The Morgan fingerprint density at radius 3 is 2.38 bits per heavy atom. The number of hydrogen-bond acceptors (Lipinski definition) is 4. The average molecular weight is 306 g/mol. The smallest absolute Gasteiger partial charge is 0.399 e. The molecule has 0 N–H and O–H groups in total. The van der Waals surface area contributed by atoms with Gasteiger partial charge in [-0.15, -0.1) is 0 Å². The molecule has 3 rings (SSSR count). The zero-order valence-electron chi connectivity index (χ0n) is 12.5. The van der Waals surface area contributed by atoms with E-state index in [4.69, 9.17) is 20.9 Å². The molecule has 5 nitrogen and oxygen atoms in total. The van der Waals surface area contributed by atoms with Gasteiger partial charge in [-0.2, -0.15) is 0 Å². The van der Waals surface area contributed by atoms with Crippen molar-refractivity contribution < 1.29 is 9.31 Å². The zero-order chi connectivity index (χ0) is 15.3. The molecule has 0 amide bonds. The third-order valence-corrected chi connectivity index (χ3v) is 4.34. The van der Waals surface area contributed by atoms with E-state index in [0.29, 0.717) is 11.0 Å². The van der Waals surface area contributed by atoms with Crippen molar-refractivity contribution in [1.82, 2.24) is 14.5 Å². The largest absolute Gasteiger partial charge is 0.498 e. The van der Waals surface area contributed by atoms with Crippen LogP contribution in [-0.2, 0) is 9.31 Å². The van der Waals surface area contributed by atoms with E-state index in [1.165, 1.54) is 0 Å². The molecule has 1 saturated heterocycles. The molecule has 21 heavy (non-hydrogen) atoms. The van der Waals surface area contributed by atoms with Crippen LogP contribution in [0.1, 0.15) is 27.7 Å². The molecule has 2 aromatic heterocycles. The number of hydrogen-bond donors (Lipinski definition) is 0. The Kier molecular flexibility index (Phi) is 3.35. The van der Waals surface area contributed by atoms with Crippen molar-refractivity contribution in [2.75, 3.05) is 0 Å². The first-order chi connectivity index (χ1) is 9.80. The summed E-state index contributed by atoms with van der Waals surface area (Å²) in [6, 6.07) is 3.62. The van der Waals surface area contributed by atoms with Gasteiger partial charge in [-0.05, 0) is 33.8 Å². The van der Waals surface area contributed by atoms with E-state index in [2.05, 4.69) is 9.97 Å². The van der Waals surface area contributed by atoms with E-state index in [1.54, 1.807) is 23.2 Å². The Morgan fingerprint density at radius 2 is 1.81 bits per heavy atom. The Morgan fingerprint density at radius 1 is 1.14 bits per heavy atom. The minimum Gasteiger partial charge on any atom is -0.399 e. The maximum Gasteiger partial charge on any atom is 0.498 e. The molecule has 1 aliphatic rings. The van der Waals surface area contributed by atoms with E-state index in [1.807, 2.05) is 40.0 Å². The molecule has 0 saturated carbocycles. The summed E-state index contributed by atoms with van der Waals surface area (Å²) in [6.45, 7) is 8.08. The van der Waals surface area contributed by atoms with Crippen molar-refractivity contribution in [3.05, 3.63) is 36.0 Å². The minimum absolute atomic E-state index is 0.399. The number of imidazole rings is 1. The van der Waals surface area contributed by atoms with Gasteiger partial charge in [-0.3, -0.25) is 4.57 Å². The van der Waals surface area contributed by atoms with Gasteiger partial charge in [-0.1, -0.05) is 17.7 Å². The summed E-state index contributed by atoms with van der Waals surface area (Å²) in [5.74, 6) is 0.665. The lowest BCUT2D eigenvalue weighted by Gasteiger charge is -2.32. The highest BCUT2D eigenvalue weighted by Crippen LogP contribution is 2.36. The monoisotopic (exact) mass is 305 g/mol. The van der Waals surface area contributed by atoms with Gasteiger partial charge in [0.1, 0.15) is 17.3 Å². The highest BCUT2D eigenvalue weighted by Gasteiger charge is 2.52. The molecule has 1 aliphatic heterocycles. The second kappa shape index (κ2) is 4.83. The van der Waals surface area contributed by atoms with Gasteiger partial charge < -0.3 is 9.31 Å². The van der Waals surface area contributed by atoms with Crippen molar-refractivity contribution in [3.63, 3.8) is 0 Å². The molecule has 2 aromatic rings. The van der Waals surface area contributed by atoms with Crippen molar-refractivity contribution in [3.8, 4) is 5.82 Å². The number of halogens is 1. The Balaban J connectivity index is 2.05. The molecule has 0 aliphatic carbocycles. The van der Waals surface area contributed by atoms with Gasteiger partial charge in [0.15, 0.2) is 0 Å². The highest BCUT2D eigenvalue weighted by molar-refractivity contribution is 6.63. The van der Waals surface area contributed by atoms with Crippen molar-refractivity contribution in [2.24, 2.45) is 0 Å². The lowest BCUT2D eigenvalue weighted by atomic mass is 9.79. The van der Waals surface area contributed by atoms with Crippen molar-refractivity contribution in [1.29, 1.82) is 0 Å². The maximum absolute atomic E-state index is 6.09. The quantitative estimate of drug-likeness (QED) is 0.630. The third-order valence-electron chi connectivity index (χ3n) is 4.13. The second-order valence-corrected chi connectivity index (χ2v) is 6.49. The van der Waals surface area contributed by atoms with Crippen LogP contribution in [0, 0.1) is 0 Å². The molecule has 0 radical (unpaired) electrons. The predicted octanol–water partition coefficient (Wildman–Crippen LogP) is 2.22. The average Bonchev–Trinajstić information content (AvgIpc) is 2.96. The third kappa shape index (κ3) is 2.48. The van der Waals surface area contributed by atoms with Crippen LogP contribution in [-0.4, -0.2) is 32.9 Å². The molecule has 0 atom stereocenters. The Labute approximate surface area is 129 Å². The van der Waals surface area contributed by atoms with Crippen molar-refractivity contribution in [2.45, 2.75) is 38.9 Å². The van der Waals surface area contributed by atoms with E-state index >= 15 is 0 Å². The van der Waals surface area contributed by atoms with Gasteiger partial charge in [0.25, 0.3) is 0 Å². The molecule has 0 bridgehead atoms. The highest BCUT2D eigenvalue weighted by atomic mass is 35.5. The summed E-state index contributed by atoms with van der Waals surface area (Å²) >= 11 is 6.03. The molecule has 0 unspecified atom stereocenters. The van der Waals surface area contributed by atoms with Crippen molar-refractivity contribution >= 4 is 24.2 Å². The van der Waals surface area contributed by atoms with Crippen LogP contribution in [0.15, 0.2) is 30.9 Å². The topological polar surface area (TPSA) is 49.2 Å². The molecule has 110 valence electrons. The normalized spacial score (nSPS) is 20.0. The van der Waals surface area contributed by atoms with E-state index in [-0.39, 0.29) is 0 Å². The standard InChI is InChI=1S/C14H17BClN3O2/c1-13(2)14(3,4)21-15(20-13)10-5-6-11(16)18-12(10)19-8-7-17-9-19/h5-9H,1-4H3. The van der Waals surface area contributed by atoms with Gasteiger partial charge in [0, 0.05) is 17.9 Å². The predicted molar refractivity (Wildman–Crippen MR) is 82.1 cm³/mol. The molecule has 3 heterocycles. The summed E-state index contributed by atoms with van der Waals surface area (Å²) < 4.78 is 14.0. The first kappa shape index (κ1) is 14.6. The number of aromatic nitrogens is 3. The minimum atomic E-state index is -0.489. The van der Waals surface area contributed by atoms with Crippen LogP contribution >= 0.6 is 11.6 Å². The summed E-state index contributed by atoms with van der Waals surface area (Å²) in [4.78, 5) is 8.44. The van der Waals surface area contributed by atoms with Gasteiger partial charge in [-0.25, -0.2) is 9.97 Å². The molecular weight excluding hydrogens is 288 g/mol. The number of nitrogens with zero attached hydrogens (tertiary/aromatic N) is 3. The molecule has 0 aromatic carbocycles. The van der Waals surface area contributed by atoms with E-state index in [9.17, 15) is 0 Å². The summed E-state index contributed by atoms with van der Waals surface area (Å²) in [5.41, 5.74) is 0.0311. The SMILES string of the molecule is CC1(C)OB(c2ccc(Cl)nc2-n2ccnc2)OC1(C)C. The van der Waals surface area contributed by atoms with Crippen LogP contribution in [0.3, 0.4) is 0 Å². The lowest BCUT2D eigenvalue weighted by molar-refractivity contribution is 0.00578. The zero-order valence-corrected chi connectivity index (χ0v) is 13.3. The van der Waals surface area contributed by atoms with E-state index < -0.39 is 18.3 Å². The lowest BCUT2D eigenvalue weighted by Crippen LogP contribution is -2.41. The van der Waals surface area contributed by atoms with Gasteiger partial charge >= 0.3 is 7.12 Å². The molecule has 1 fully saturated rings. The van der Waals surface area contributed by atoms with E-state index in [0.717, 1.165) is 5.46 Å². The molecule has 0 spiro atoms. The fraction of sp³-hybridized carbons (Fsp3) is 0.429. The first-order valence-electron chi connectivity index (χ1n) is 6.80. The van der Waals surface area contributed by atoms with Gasteiger partial charge in [0.2, 0.25) is 0 Å². The Hall–Kier alpha value is -1.37. The summed E-state index contributed by atoms with van der Waals surface area (Å²) in [5, 5.41) is 0.416. The Bertz CT molecular complexity index is 642. The molecule has 7 heteroatoms. The van der Waals surface area contributed by atoms with Crippen LogP contribution in [0.5, 0.6) is 0 Å². The fourth-order valence-electron chi connectivity index (χ4n) is 2.18. The first-order valence-corrected chi connectivity index (χ1v) is 7.18. The molecular formula is C14H17BClN3O2. The van der Waals surface area contributed by atoms with Crippen LogP contribution in [0.2, 0.25) is 5.15 Å². The summed E-state index contributed by atoms with van der Waals surface area (Å²) in [6.07, 6.45) is 5.18. The fourth-order valence-corrected chi connectivity index (χ4v) is 2.32. The van der Waals surface area contributed by atoms with Crippen LogP contribution in [0.25, 0.3) is 5.82 Å². The number of rotatable bonds is 2. The number of pyridine rings is 1.